The minimum absolute atomic E-state index is 0.00845. The lowest BCUT2D eigenvalue weighted by atomic mass is 10.2. The highest BCUT2D eigenvalue weighted by Crippen LogP contribution is 2.09. The van der Waals surface area contributed by atoms with E-state index in [2.05, 4.69) is 15.5 Å². The third kappa shape index (κ3) is 7.53. The molecule has 0 spiro atoms. The smallest absolute Gasteiger partial charge is 0.262 e. The molecule has 154 valence electrons. The number of amides is 2. The zero-order chi connectivity index (χ0) is 21.6. The minimum Gasteiger partial charge on any atom is -0.466 e. The molecule has 30 heavy (non-hydrogen) atoms. The second kappa shape index (κ2) is 12.4. The van der Waals surface area contributed by atoms with Gasteiger partial charge in [0, 0.05) is 19.2 Å². The van der Waals surface area contributed by atoms with Gasteiger partial charge in [0.05, 0.1) is 19.1 Å². The van der Waals surface area contributed by atoms with E-state index in [0.29, 0.717) is 24.6 Å². The van der Waals surface area contributed by atoms with Crippen LogP contribution in [0.1, 0.15) is 37.2 Å². The molecule has 2 aromatic heterocycles. The molecular formula is C22H22N4O4. The summed E-state index contributed by atoms with van der Waals surface area (Å²) in [6.45, 7) is 8.02. The molecule has 0 saturated carbocycles. The van der Waals surface area contributed by atoms with Crippen LogP contribution >= 0.6 is 0 Å². The van der Waals surface area contributed by atoms with E-state index >= 15 is 0 Å². The monoisotopic (exact) mass is 406 g/mol. The van der Waals surface area contributed by atoms with Gasteiger partial charge in [-0.3, -0.25) is 9.59 Å². The third-order valence-corrected chi connectivity index (χ3v) is 4.04. The number of furan rings is 2. The van der Waals surface area contributed by atoms with Crippen LogP contribution in [0.15, 0.2) is 56.9 Å². The van der Waals surface area contributed by atoms with Gasteiger partial charge in [0.1, 0.15) is 23.2 Å². The summed E-state index contributed by atoms with van der Waals surface area (Å²) in [5.41, 5.74) is -0.0329. The zero-order valence-corrected chi connectivity index (χ0v) is 16.4. The summed E-state index contributed by atoms with van der Waals surface area (Å²) < 4.78 is 10.2. The van der Waals surface area contributed by atoms with Crippen LogP contribution in [0.2, 0.25) is 0 Å². The molecule has 0 atom stereocenters. The van der Waals surface area contributed by atoms with Gasteiger partial charge in [0.15, 0.2) is 0 Å². The Morgan fingerprint density at radius 1 is 0.967 bits per heavy atom. The van der Waals surface area contributed by atoms with Crippen molar-refractivity contribution < 1.29 is 18.4 Å². The molecule has 0 saturated heterocycles. The van der Waals surface area contributed by atoms with Crippen molar-refractivity contribution >= 4 is 24.0 Å². The van der Waals surface area contributed by atoms with Crippen LogP contribution in [0.5, 0.6) is 0 Å². The van der Waals surface area contributed by atoms with Gasteiger partial charge in [-0.05, 0) is 43.2 Å². The minimum atomic E-state index is -0.434. The zero-order valence-electron chi connectivity index (χ0n) is 16.4. The van der Waals surface area contributed by atoms with Crippen LogP contribution in [0.3, 0.4) is 0 Å². The lowest BCUT2D eigenvalue weighted by Gasteiger charge is -2.06. The maximum absolute atomic E-state index is 12.0. The quantitative estimate of drug-likeness (QED) is 0.257. The fourth-order valence-corrected chi connectivity index (χ4v) is 2.51. The largest absolute Gasteiger partial charge is 0.466 e. The van der Waals surface area contributed by atoms with Crippen molar-refractivity contribution in [2.45, 2.75) is 25.7 Å². The lowest BCUT2D eigenvalue weighted by Crippen LogP contribution is -2.26. The summed E-state index contributed by atoms with van der Waals surface area (Å²) in [5.74, 6) is 0.0399. The highest BCUT2D eigenvalue weighted by atomic mass is 16.3. The molecule has 2 rings (SSSR count). The molecule has 2 amide bonds. The van der Waals surface area contributed by atoms with Gasteiger partial charge in [-0.15, -0.1) is 0 Å². The lowest BCUT2D eigenvalue weighted by molar-refractivity contribution is -0.117. The van der Waals surface area contributed by atoms with Gasteiger partial charge in [0.25, 0.3) is 11.6 Å². The van der Waals surface area contributed by atoms with Gasteiger partial charge >= 0.3 is 0 Å². The van der Waals surface area contributed by atoms with Crippen LogP contribution in [0.25, 0.3) is 17.0 Å². The van der Waals surface area contributed by atoms with Crippen molar-refractivity contribution in [2.24, 2.45) is 0 Å². The summed E-state index contributed by atoms with van der Waals surface area (Å²) in [4.78, 5) is 27.2. The Balaban J connectivity index is 1.59. The van der Waals surface area contributed by atoms with E-state index in [1.807, 2.05) is 6.07 Å². The van der Waals surface area contributed by atoms with Gasteiger partial charge < -0.3 is 19.5 Å². The second-order valence-corrected chi connectivity index (χ2v) is 6.27. The number of nitriles is 1. The first-order valence-electron chi connectivity index (χ1n) is 9.48. The molecule has 8 heteroatoms. The molecule has 2 heterocycles. The van der Waals surface area contributed by atoms with E-state index in [-0.39, 0.29) is 11.3 Å². The SMILES string of the molecule is [C-]#[N+]C(=Cc1ccco1)C(=O)NCCCCCCNC(=O)C(C#N)=Cc1ccco1. The topological polar surface area (TPSA) is 113 Å². The predicted molar refractivity (Wildman–Crippen MR) is 110 cm³/mol. The Bertz CT molecular complexity index is 878. The van der Waals surface area contributed by atoms with Crippen LogP contribution in [-0.2, 0) is 9.59 Å². The summed E-state index contributed by atoms with van der Waals surface area (Å²) >= 11 is 0. The number of rotatable bonds is 11. The third-order valence-electron chi connectivity index (χ3n) is 4.04. The molecular weight excluding hydrogens is 384 g/mol. The van der Waals surface area contributed by atoms with Crippen molar-refractivity contribution in [3.05, 3.63) is 71.0 Å². The normalized spacial score (nSPS) is 11.4. The molecule has 0 aliphatic carbocycles. The maximum Gasteiger partial charge on any atom is 0.262 e. The number of hydrogen-bond donors (Lipinski definition) is 2. The molecule has 2 aromatic rings. The first-order chi connectivity index (χ1) is 14.6. The number of unbranched alkanes of at least 4 members (excludes halogenated alkanes) is 3. The van der Waals surface area contributed by atoms with Crippen LogP contribution in [0.4, 0.5) is 0 Å². The first kappa shape index (κ1) is 22.3. The van der Waals surface area contributed by atoms with E-state index in [1.54, 1.807) is 24.3 Å². The highest BCUT2D eigenvalue weighted by molar-refractivity contribution is 6.01. The molecule has 0 fully saturated rings. The van der Waals surface area contributed by atoms with Crippen molar-refractivity contribution in [1.82, 2.24) is 10.6 Å². The summed E-state index contributed by atoms with van der Waals surface area (Å²) in [7, 11) is 0. The Hall–Kier alpha value is -4.04. The maximum atomic E-state index is 12.0. The standard InChI is InChI=1S/C22H22N4O4/c1-24-20(15-19-9-7-13-30-19)22(28)26-11-5-3-2-4-10-25-21(27)17(16-23)14-18-8-6-12-29-18/h6-9,12-15H,2-5,10-11H2,(H,25,27)(H,26,28). The summed E-state index contributed by atoms with van der Waals surface area (Å²) in [6.07, 6.45) is 8.98. The van der Waals surface area contributed by atoms with E-state index in [9.17, 15) is 9.59 Å². The van der Waals surface area contributed by atoms with Crippen molar-refractivity contribution in [1.29, 1.82) is 5.26 Å². The van der Waals surface area contributed by atoms with Crippen LogP contribution in [0, 0.1) is 17.9 Å². The molecule has 0 aliphatic rings. The summed E-state index contributed by atoms with van der Waals surface area (Å²) in [6, 6.07) is 8.56. The van der Waals surface area contributed by atoms with Crippen LogP contribution in [-0.4, -0.2) is 24.9 Å². The molecule has 0 unspecified atom stereocenters. The Morgan fingerprint density at radius 3 is 2.03 bits per heavy atom. The first-order valence-corrected chi connectivity index (χ1v) is 9.48. The Morgan fingerprint density at radius 2 is 1.53 bits per heavy atom. The fraction of sp³-hybridized carbons (Fsp3) is 0.273. The van der Waals surface area contributed by atoms with Gasteiger partial charge in [0.2, 0.25) is 5.91 Å². The molecule has 2 N–H and O–H groups in total. The number of carbonyl (C=O) groups excluding carboxylic acids is 2. The van der Waals surface area contributed by atoms with E-state index in [4.69, 9.17) is 20.7 Å². The van der Waals surface area contributed by atoms with E-state index < -0.39 is 11.8 Å². The summed E-state index contributed by atoms with van der Waals surface area (Å²) in [5, 5.41) is 14.5. The average molecular weight is 406 g/mol. The fourth-order valence-electron chi connectivity index (χ4n) is 2.51. The number of nitrogens with zero attached hydrogens (tertiary/aromatic N) is 2. The molecule has 8 nitrogen and oxygen atoms in total. The molecule has 0 radical (unpaired) electrons. The molecule has 0 bridgehead atoms. The highest BCUT2D eigenvalue weighted by Gasteiger charge is 2.10. The molecule has 0 aromatic carbocycles. The number of carbonyl (C=O) groups is 2. The van der Waals surface area contributed by atoms with Crippen molar-refractivity contribution in [3.8, 4) is 6.07 Å². The van der Waals surface area contributed by atoms with Gasteiger partial charge in [-0.2, -0.15) is 5.26 Å². The molecule has 0 aliphatic heterocycles. The van der Waals surface area contributed by atoms with E-state index in [1.165, 1.54) is 24.7 Å². The Kier molecular flexibility index (Phi) is 9.22. The number of nitrogens with one attached hydrogen (secondary N) is 2. The van der Waals surface area contributed by atoms with Gasteiger partial charge in [-0.25, -0.2) is 4.85 Å². The van der Waals surface area contributed by atoms with Crippen LogP contribution < -0.4 is 10.6 Å². The average Bonchev–Trinajstić information content (AvgIpc) is 3.45. The van der Waals surface area contributed by atoms with Gasteiger partial charge in [-0.1, -0.05) is 12.8 Å². The predicted octanol–water partition coefficient (Wildman–Crippen LogP) is 3.53. The second-order valence-electron chi connectivity index (χ2n) is 6.27. The van der Waals surface area contributed by atoms with Crippen molar-refractivity contribution in [3.63, 3.8) is 0 Å². The number of hydrogen-bond acceptors (Lipinski definition) is 5. The van der Waals surface area contributed by atoms with Crippen molar-refractivity contribution in [2.75, 3.05) is 13.1 Å². The Labute approximate surface area is 174 Å². The van der Waals surface area contributed by atoms with E-state index in [0.717, 1.165) is 25.7 Å².